The molecule has 0 saturated heterocycles. The highest BCUT2D eigenvalue weighted by molar-refractivity contribution is 7.81. The van der Waals surface area contributed by atoms with E-state index in [2.05, 4.69) is 38.5 Å². The zero-order valence-electron chi connectivity index (χ0n) is 20.4. The van der Waals surface area contributed by atoms with Crippen LogP contribution in [0.15, 0.2) is 48.9 Å². The van der Waals surface area contributed by atoms with Crippen LogP contribution in [0, 0.1) is 5.92 Å². The number of aliphatic carboxylic acids is 1. The van der Waals surface area contributed by atoms with E-state index < -0.39 is 35.1 Å². The Morgan fingerprint density at radius 3 is 2.31 bits per heavy atom. The second kappa shape index (κ2) is 14.8. The van der Waals surface area contributed by atoms with E-state index in [1.807, 2.05) is 19.9 Å². The number of amides is 3. The van der Waals surface area contributed by atoms with Crippen molar-refractivity contribution < 1.29 is 24.3 Å². The Balaban J connectivity index is 1.88. The number of hydrogen-bond acceptors (Lipinski definition) is 7. The molecule has 1 aromatic carbocycles. The van der Waals surface area contributed by atoms with E-state index in [1.165, 1.54) is 18.6 Å². The second-order valence-electron chi connectivity index (χ2n) is 8.78. The van der Waals surface area contributed by atoms with Gasteiger partial charge in [0.25, 0.3) is 5.91 Å². The van der Waals surface area contributed by atoms with Gasteiger partial charge in [0.15, 0.2) is 0 Å². The van der Waals surface area contributed by atoms with Crippen molar-refractivity contribution in [3.8, 4) is 0 Å². The molecule has 1 aromatic heterocycles. The number of thiol groups is 1. The maximum absolute atomic E-state index is 12.9. The summed E-state index contributed by atoms with van der Waals surface area (Å²) in [5.41, 5.74) is 0.976. The van der Waals surface area contributed by atoms with Crippen molar-refractivity contribution in [1.82, 2.24) is 25.9 Å². The third kappa shape index (κ3) is 10.0. The normalized spacial score (nSPS) is 13.3. The molecule has 2 rings (SSSR count). The minimum atomic E-state index is -1.16. The van der Waals surface area contributed by atoms with Gasteiger partial charge in [-0.2, -0.15) is 12.6 Å². The van der Waals surface area contributed by atoms with E-state index in [4.69, 9.17) is 0 Å². The average molecular weight is 516 g/mol. The molecule has 36 heavy (non-hydrogen) atoms. The Labute approximate surface area is 216 Å². The molecule has 0 saturated carbocycles. The molecule has 0 fully saturated rings. The number of hydrogen-bond donors (Lipinski definition) is 5. The van der Waals surface area contributed by atoms with Crippen molar-refractivity contribution in [1.29, 1.82) is 0 Å². The van der Waals surface area contributed by atoms with Crippen molar-refractivity contribution in [3.05, 3.63) is 60.2 Å². The van der Waals surface area contributed by atoms with Crippen LogP contribution >= 0.6 is 12.6 Å². The number of carbonyl (C=O) groups is 4. The van der Waals surface area contributed by atoms with Gasteiger partial charge < -0.3 is 21.1 Å². The molecule has 2 aromatic rings. The molecule has 2 unspecified atom stereocenters. The monoisotopic (exact) mass is 515 g/mol. The van der Waals surface area contributed by atoms with Crippen molar-refractivity contribution in [2.75, 3.05) is 6.54 Å². The van der Waals surface area contributed by atoms with Gasteiger partial charge in [0, 0.05) is 25.4 Å². The molecular formula is C25H33N5O5S. The van der Waals surface area contributed by atoms with Gasteiger partial charge in [-0.05, 0) is 30.7 Å². The van der Waals surface area contributed by atoms with Gasteiger partial charge in [0.05, 0.1) is 11.4 Å². The largest absolute Gasteiger partial charge is 0.480 e. The summed E-state index contributed by atoms with van der Waals surface area (Å²) in [5.74, 6) is -2.43. The lowest BCUT2D eigenvalue weighted by Crippen LogP contribution is -2.53. The number of aromatic nitrogens is 2. The molecule has 11 heteroatoms. The van der Waals surface area contributed by atoms with E-state index in [-0.39, 0.29) is 23.9 Å². The first kappa shape index (κ1) is 28.8. The van der Waals surface area contributed by atoms with Gasteiger partial charge in [-0.1, -0.05) is 44.2 Å². The maximum atomic E-state index is 12.9. The topological polar surface area (TPSA) is 150 Å². The SMILES string of the molecule is CC(C)CC(NC(=O)C(S)CCCNC(=O)c1cnccn1)C(=O)N[C@@H](Cc1ccccc1)C(=O)O. The molecule has 1 heterocycles. The van der Waals surface area contributed by atoms with Gasteiger partial charge in [-0.3, -0.25) is 19.4 Å². The quantitative estimate of drug-likeness (QED) is 0.190. The number of carbonyl (C=O) groups excluding carboxylic acids is 3. The number of rotatable bonds is 14. The third-order valence-corrected chi connectivity index (χ3v) is 5.77. The van der Waals surface area contributed by atoms with E-state index in [0.29, 0.717) is 25.8 Å². The van der Waals surface area contributed by atoms with Crippen LogP contribution in [0.25, 0.3) is 0 Å². The van der Waals surface area contributed by atoms with Crippen LogP contribution < -0.4 is 16.0 Å². The average Bonchev–Trinajstić information content (AvgIpc) is 2.86. The first-order valence-electron chi connectivity index (χ1n) is 11.8. The fraction of sp³-hybridized carbons (Fsp3) is 0.440. The predicted octanol–water partition coefficient (Wildman–Crippen LogP) is 1.63. The number of nitrogens with one attached hydrogen (secondary N) is 3. The summed E-state index contributed by atoms with van der Waals surface area (Å²) < 4.78 is 0. The van der Waals surface area contributed by atoms with Crippen LogP contribution in [-0.2, 0) is 20.8 Å². The molecule has 0 bridgehead atoms. The van der Waals surface area contributed by atoms with E-state index >= 15 is 0 Å². The molecule has 0 aliphatic heterocycles. The molecule has 10 nitrogen and oxygen atoms in total. The van der Waals surface area contributed by atoms with Gasteiger partial charge >= 0.3 is 5.97 Å². The van der Waals surface area contributed by atoms with Gasteiger partial charge in [0.1, 0.15) is 17.8 Å². The van der Waals surface area contributed by atoms with Gasteiger partial charge in [-0.15, -0.1) is 0 Å². The van der Waals surface area contributed by atoms with Crippen LogP contribution in [0.1, 0.15) is 49.2 Å². The van der Waals surface area contributed by atoms with Crippen molar-refractivity contribution in [2.45, 2.75) is 56.9 Å². The van der Waals surface area contributed by atoms with Gasteiger partial charge in [-0.25, -0.2) is 9.78 Å². The summed E-state index contributed by atoms with van der Waals surface area (Å²) in [4.78, 5) is 57.2. The number of benzene rings is 1. The Bertz CT molecular complexity index is 1010. The maximum Gasteiger partial charge on any atom is 0.326 e. The minimum Gasteiger partial charge on any atom is -0.480 e. The van der Waals surface area contributed by atoms with Crippen LogP contribution in [0.5, 0.6) is 0 Å². The third-order valence-electron chi connectivity index (χ3n) is 5.28. The highest BCUT2D eigenvalue weighted by atomic mass is 32.1. The molecule has 0 radical (unpaired) electrons. The summed E-state index contributed by atoms with van der Waals surface area (Å²) in [6, 6.07) is 6.97. The lowest BCUT2D eigenvalue weighted by atomic mass is 10.0. The Morgan fingerprint density at radius 2 is 1.69 bits per heavy atom. The van der Waals surface area contributed by atoms with Crippen molar-refractivity contribution >= 4 is 36.3 Å². The Hall–Kier alpha value is -3.47. The summed E-state index contributed by atoms with van der Waals surface area (Å²) >= 11 is 4.35. The molecule has 0 spiro atoms. The molecule has 0 aliphatic rings. The molecule has 194 valence electrons. The summed E-state index contributed by atoms with van der Waals surface area (Å²) in [5, 5.41) is 16.9. The smallest absolute Gasteiger partial charge is 0.326 e. The van der Waals surface area contributed by atoms with Crippen LogP contribution in [-0.4, -0.2) is 62.6 Å². The number of carboxylic acids is 1. The molecule has 3 atom stereocenters. The van der Waals surface area contributed by atoms with Crippen molar-refractivity contribution in [3.63, 3.8) is 0 Å². The van der Waals surface area contributed by atoms with Crippen molar-refractivity contribution in [2.24, 2.45) is 5.92 Å². The van der Waals surface area contributed by atoms with E-state index in [9.17, 15) is 24.3 Å². The summed E-state index contributed by atoms with van der Waals surface area (Å²) in [6.45, 7) is 4.13. The molecular weight excluding hydrogens is 482 g/mol. The number of carboxylic acid groups (broad SMARTS) is 1. The highest BCUT2D eigenvalue weighted by Gasteiger charge is 2.28. The summed E-state index contributed by atoms with van der Waals surface area (Å²) in [6.07, 6.45) is 5.55. The second-order valence-corrected chi connectivity index (χ2v) is 9.41. The minimum absolute atomic E-state index is 0.0770. The zero-order valence-corrected chi connectivity index (χ0v) is 21.3. The lowest BCUT2D eigenvalue weighted by Gasteiger charge is -2.24. The highest BCUT2D eigenvalue weighted by Crippen LogP contribution is 2.11. The predicted molar refractivity (Wildman–Crippen MR) is 137 cm³/mol. The van der Waals surface area contributed by atoms with E-state index in [0.717, 1.165) is 5.56 Å². The molecule has 4 N–H and O–H groups in total. The number of nitrogens with zero attached hydrogens (tertiary/aromatic N) is 2. The molecule has 3 amide bonds. The lowest BCUT2D eigenvalue weighted by molar-refractivity contribution is -0.142. The van der Waals surface area contributed by atoms with Crippen LogP contribution in [0.3, 0.4) is 0 Å². The fourth-order valence-corrected chi connectivity index (χ4v) is 3.69. The van der Waals surface area contributed by atoms with Gasteiger partial charge in [0.2, 0.25) is 11.8 Å². The first-order chi connectivity index (χ1) is 17.2. The fourth-order valence-electron chi connectivity index (χ4n) is 3.43. The van der Waals surface area contributed by atoms with Crippen LogP contribution in [0.2, 0.25) is 0 Å². The summed E-state index contributed by atoms with van der Waals surface area (Å²) in [7, 11) is 0. The van der Waals surface area contributed by atoms with Crippen LogP contribution in [0.4, 0.5) is 0 Å². The molecule has 0 aliphatic carbocycles. The van der Waals surface area contributed by atoms with E-state index in [1.54, 1.807) is 24.3 Å². The zero-order chi connectivity index (χ0) is 26.5. The first-order valence-corrected chi connectivity index (χ1v) is 12.3. The Kier molecular flexibility index (Phi) is 11.8. The standard InChI is InChI=1S/C25H33N5O5S/c1-16(2)13-18(23(32)30-19(25(34)35)14-17-7-4-3-5-8-17)29-24(33)21(36)9-6-10-28-22(31)20-15-26-11-12-27-20/h3-5,7-8,11-12,15-16,18-19,21,36H,6,9-10,13-14H2,1-2H3,(H,28,31)(H,29,33)(H,30,32)(H,34,35)/t18?,19-,21?/m0/s1. The Morgan fingerprint density at radius 1 is 1.00 bits per heavy atom.